The number of hydrogen-bond donors (Lipinski definition) is 2. The molecule has 4 rings (SSSR count). The summed E-state index contributed by atoms with van der Waals surface area (Å²) in [7, 11) is 0. The summed E-state index contributed by atoms with van der Waals surface area (Å²) in [6.45, 7) is 4.99. The van der Waals surface area contributed by atoms with Crippen LogP contribution in [0.25, 0.3) is 10.9 Å². The molecule has 1 aromatic heterocycles. The van der Waals surface area contributed by atoms with Crippen LogP contribution in [-0.2, 0) is 11.3 Å². The van der Waals surface area contributed by atoms with Gasteiger partial charge in [-0.2, -0.15) is 5.10 Å². The second kappa shape index (κ2) is 9.30. The first kappa shape index (κ1) is 20.4. The number of nitrogens with one attached hydrogen (secondary N) is 2. The Kier molecular flexibility index (Phi) is 6.13. The number of nitrogens with zero attached hydrogens (tertiary/aromatic N) is 2. The molecule has 0 bridgehead atoms. The minimum atomic E-state index is -0.188. The number of aromatic nitrogens is 1. The summed E-state index contributed by atoms with van der Waals surface area (Å²) in [6.07, 6.45) is 3.78. The lowest BCUT2D eigenvalue weighted by atomic mass is 10.1. The summed E-state index contributed by atoms with van der Waals surface area (Å²) < 4.78 is 2.20. The van der Waals surface area contributed by atoms with Crippen LogP contribution < -0.4 is 10.7 Å². The third kappa shape index (κ3) is 4.83. The Bertz CT molecular complexity index is 1200. The predicted molar refractivity (Wildman–Crippen MR) is 128 cm³/mol. The Hall–Kier alpha value is -3.86. The van der Waals surface area contributed by atoms with Gasteiger partial charge in [0, 0.05) is 34.9 Å². The van der Waals surface area contributed by atoms with Gasteiger partial charge in [0.15, 0.2) is 0 Å². The summed E-state index contributed by atoms with van der Waals surface area (Å²) in [5.74, 6) is -0.188. The maximum atomic E-state index is 12.2. The average molecular weight is 411 g/mol. The van der Waals surface area contributed by atoms with E-state index >= 15 is 0 Å². The van der Waals surface area contributed by atoms with Crippen molar-refractivity contribution in [3.8, 4) is 0 Å². The molecule has 31 heavy (non-hydrogen) atoms. The molecule has 0 aliphatic heterocycles. The van der Waals surface area contributed by atoms with Crippen LogP contribution in [0.15, 0.2) is 84.1 Å². The molecule has 1 amide bonds. The molecule has 0 spiro atoms. The van der Waals surface area contributed by atoms with Gasteiger partial charge >= 0.3 is 0 Å². The number of para-hydroxylation sites is 2. The molecular formula is C26H26N4O. The summed E-state index contributed by atoms with van der Waals surface area (Å²) in [5.41, 5.74) is 9.18. The SMILES string of the molecule is Cc1cccc(C)c1NCC(=O)N/N=C/c1cn(Cc2ccccc2)c2ccccc12. The van der Waals surface area contributed by atoms with Crippen molar-refractivity contribution in [1.29, 1.82) is 0 Å². The molecule has 0 atom stereocenters. The maximum absolute atomic E-state index is 12.2. The fraction of sp³-hybridized carbons (Fsp3) is 0.154. The number of hydrazone groups is 1. The Morgan fingerprint density at radius 1 is 0.935 bits per heavy atom. The van der Waals surface area contributed by atoms with E-state index in [-0.39, 0.29) is 12.5 Å². The lowest BCUT2D eigenvalue weighted by molar-refractivity contribution is -0.119. The molecule has 4 aromatic rings. The van der Waals surface area contributed by atoms with E-state index in [0.717, 1.165) is 39.8 Å². The number of fused-ring (bicyclic) bond motifs is 1. The highest BCUT2D eigenvalue weighted by Crippen LogP contribution is 2.21. The molecule has 0 saturated carbocycles. The van der Waals surface area contributed by atoms with Crippen molar-refractivity contribution in [3.63, 3.8) is 0 Å². The monoisotopic (exact) mass is 410 g/mol. The van der Waals surface area contributed by atoms with Gasteiger partial charge in [-0.25, -0.2) is 5.43 Å². The second-order valence-corrected chi connectivity index (χ2v) is 7.63. The van der Waals surface area contributed by atoms with E-state index in [9.17, 15) is 4.79 Å². The van der Waals surface area contributed by atoms with Gasteiger partial charge in [-0.1, -0.05) is 66.7 Å². The molecule has 0 aliphatic carbocycles. The zero-order valence-electron chi connectivity index (χ0n) is 17.8. The van der Waals surface area contributed by atoms with E-state index < -0.39 is 0 Å². The van der Waals surface area contributed by atoms with Crippen molar-refractivity contribution in [2.45, 2.75) is 20.4 Å². The van der Waals surface area contributed by atoms with E-state index in [4.69, 9.17) is 0 Å². The number of carbonyl (C=O) groups excluding carboxylic acids is 1. The normalized spacial score (nSPS) is 11.2. The quantitative estimate of drug-likeness (QED) is 0.337. The van der Waals surface area contributed by atoms with Crippen LogP contribution >= 0.6 is 0 Å². The molecule has 3 aromatic carbocycles. The van der Waals surface area contributed by atoms with Crippen LogP contribution in [0.1, 0.15) is 22.3 Å². The zero-order chi connectivity index (χ0) is 21.6. The summed E-state index contributed by atoms with van der Waals surface area (Å²) in [5, 5.41) is 8.49. The van der Waals surface area contributed by atoms with Gasteiger partial charge in [-0.05, 0) is 36.6 Å². The largest absolute Gasteiger partial charge is 0.376 e. The van der Waals surface area contributed by atoms with Crippen molar-refractivity contribution in [2.24, 2.45) is 5.10 Å². The van der Waals surface area contributed by atoms with Gasteiger partial charge < -0.3 is 9.88 Å². The smallest absolute Gasteiger partial charge is 0.259 e. The van der Waals surface area contributed by atoms with E-state index in [1.165, 1.54) is 5.56 Å². The third-order valence-corrected chi connectivity index (χ3v) is 5.31. The van der Waals surface area contributed by atoms with Gasteiger partial charge in [0.2, 0.25) is 0 Å². The fourth-order valence-corrected chi connectivity index (χ4v) is 3.76. The minimum absolute atomic E-state index is 0.165. The molecule has 0 fully saturated rings. The Morgan fingerprint density at radius 2 is 1.65 bits per heavy atom. The minimum Gasteiger partial charge on any atom is -0.376 e. The van der Waals surface area contributed by atoms with Crippen LogP contribution in [-0.4, -0.2) is 23.2 Å². The highest BCUT2D eigenvalue weighted by molar-refractivity contribution is 5.99. The Morgan fingerprint density at radius 3 is 2.42 bits per heavy atom. The number of amides is 1. The number of rotatable bonds is 7. The number of carbonyl (C=O) groups is 1. The van der Waals surface area contributed by atoms with Crippen LogP contribution in [0, 0.1) is 13.8 Å². The van der Waals surface area contributed by atoms with Crippen LogP contribution in [0.3, 0.4) is 0 Å². The average Bonchev–Trinajstić information content (AvgIpc) is 3.12. The molecular weight excluding hydrogens is 384 g/mol. The van der Waals surface area contributed by atoms with E-state index in [1.807, 2.05) is 62.4 Å². The first-order valence-corrected chi connectivity index (χ1v) is 10.4. The van der Waals surface area contributed by atoms with Gasteiger partial charge in [-0.15, -0.1) is 0 Å². The Balaban J connectivity index is 1.44. The third-order valence-electron chi connectivity index (χ3n) is 5.31. The molecule has 1 heterocycles. The summed E-state index contributed by atoms with van der Waals surface area (Å²) in [6, 6.07) is 24.6. The topological polar surface area (TPSA) is 58.4 Å². The van der Waals surface area contributed by atoms with Gasteiger partial charge in [0.25, 0.3) is 5.91 Å². The van der Waals surface area contributed by atoms with Gasteiger partial charge in [-0.3, -0.25) is 4.79 Å². The summed E-state index contributed by atoms with van der Waals surface area (Å²) >= 11 is 0. The fourth-order valence-electron chi connectivity index (χ4n) is 3.76. The van der Waals surface area contributed by atoms with Crippen molar-refractivity contribution in [2.75, 3.05) is 11.9 Å². The molecule has 156 valence electrons. The van der Waals surface area contributed by atoms with Crippen LogP contribution in [0.5, 0.6) is 0 Å². The predicted octanol–water partition coefficient (Wildman–Crippen LogP) is 4.87. The first-order valence-electron chi connectivity index (χ1n) is 10.4. The van der Waals surface area contributed by atoms with E-state index in [0.29, 0.717) is 0 Å². The van der Waals surface area contributed by atoms with Gasteiger partial charge in [0.1, 0.15) is 0 Å². The number of aryl methyl sites for hydroxylation is 2. The lowest BCUT2D eigenvalue weighted by Crippen LogP contribution is -2.26. The highest BCUT2D eigenvalue weighted by Gasteiger charge is 2.08. The number of anilines is 1. The molecule has 0 radical (unpaired) electrons. The summed E-state index contributed by atoms with van der Waals surface area (Å²) in [4.78, 5) is 12.2. The lowest BCUT2D eigenvalue weighted by Gasteiger charge is -2.11. The van der Waals surface area contributed by atoms with Crippen LogP contribution in [0.2, 0.25) is 0 Å². The first-order chi connectivity index (χ1) is 15.1. The number of hydrogen-bond acceptors (Lipinski definition) is 3. The standard InChI is InChI=1S/C26H26N4O/c1-19-9-8-10-20(2)26(19)27-16-25(31)29-28-15-22-18-30(17-21-11-4-3-5-12-21)24-14-7-6-13-23(22)24/h3-15,18,27H,16-17H2,1-2H3,(H,29,31)/b28-15+. The molecule has 5 nitrogen and oxygen atoms in total. The number of benzene rings is 3. The van der Waals surface area contributed by atoms with E-state index in [2.05, 4.69) is 50.9 Å². The Labute approximate surface area is 182 Å². The van der Waals surface area contributed by atoms with Crippen molar-refractivity contribution in [1.82, 2.24) is 9.99 Å². The van der Waals surface area contributed by atoms with E-state index in [1.54, 1.807) is 6.21 Å². The zero-order valence-corrected chi connectivity index (χ0v) is 17.8. The van der Waals surface area contributed by atoms with Crippen LogP contribution in [0.4, 0.5) is 5.69 Å². The van der Waals surface area contributed by atoms with Crippen molar-refractivity contribution >= 4 is 28.7 Å². The molecule has 0 aliphatic rings. The molecule has 2 N–H and O–H groups in total. The molecule has 0 unspecified atom stereocenters. The maximum Gasteiger partial charge on any atom is 0.259 e. The van der Waals surface area contributed by atoms with Gasteiger partial charge in [0.05, 0.1) is 12.8 Å². The second-order valence-electron chi connectivity index (χ2n) is 7.63. The molecule has 5 heteroatoms. The van der Waals surface area contributed by atoms with Crippen molar-refractivity contribution in [3.05, 3.63) is 101 Å². The highest BCUT2D eigenvalue weighted by atomic mass is 16.2. The van der Waals surface area contributed by atoms with Crippen molar-refractivity contribution < 1.29 is 4.79 Å². The molecule has 0 saturated heterocycles.